The van der Waals surface area contributed by atoms with Crippen LogP contribution in [0.25, 0.3) is 0 Å². The number of amides is 1. The lowest BCUT2D eigenvalue weighted by molar-refractivity contribution is -0.119. The van der Waals surface area contributed by atoms with Gasteiger partial charge in [0, 0.05) is 18.9 Å². The van der Waals surface area contributed by atoms with Gasteiger partial charge >= 0.3 is 0 Å². The molecule has 1 amide bonds. The molecule has 6 heteroatoms. The van der Waals surface area contributed by atoms with Crippen molar-refractivity contribution in [3.8, 4) is 0 Å². The first kappa shape index (κ1) is 13.9. The molecule has 0 fully saturated rings. The highest BCUT2D eigenvalue weighted by molar-refractivity contribution is 5.80. The number of para-hydroxylation sites is 1. The molecular formula is C14H13F2N3O. The molecule has 0 saturated carbocycles. The minimum atomic E-state index is -0.731. The van der Waals surface area contributed by atoms with Crippen LogP contribution in [0, 0.1) is 11.6 Å². The van der Waals surface area contributed by atoms with E-state index in [4.69, 9.17) is 0 Å². The number of nitrogens with zero attached hydrogens (tertiary/aromatic N) is 1. The van der Waals surface area contributed by atoms with Crippen molar-refractivity contribution >= 4 is 11.6 Å². The number of anilines is 1. The summed E-state index contributed by atoms with van der Waals surface area (Å²) in [6.07, 6.45) is 3.26. The van der Waals surface area contributed by atoms with E-state index in [-0.39, 0.29) is 18.1 Å². The number of carbonyl (C=O) groups excluding carboxylic acids is 1. The van der Waals surface area contributed by atoms with Crippen molar-refractivity contribution in [3.63, 3.8) is 0 Å². The standard InChI is InChI=1S/C14H13F2N3O/c15-11-4-1-5-12(16)14(11)19-9-13(20)18-8-10-3-2-6-17-7-10/h1-7,19H,8-9H2,(H,18,20). The Morgan fingerprint density at radius 3 is 2.55 bits per heavy atom. The van der Waals surface area contributed by atoms with Gasteiger partial charge < -0.3 is 10.6 Å². The van der Waals surface area contributed by atoms with E-state index in [2.05, 4.69) is 15.6 Å². The van der Waals surface area contributed by atoms with Crippen molar-refractivity contribution in [3.05, 3.63) is 59.9 Å². The van der Waals surface area contributed by atoms with Crippen LogP contribution in [0.5, 0.6) is 0 Å². The largest absolute Gasteiger partial charge is 0.371 e. The molecule has 0 aliphatic rings. The molecule has 0 aliphatic heterocycles. The Balaban J connectivity index is 1.84. The number of rotatable bonds is 5. The number of carbonyl (C=O) groups is 1. The number of hydrogen-bond acceptors (Lipinski definition) is 3. The highest BCUT2D eigenvalue weighted by atomic mass is 19.1. The Morgan fingerprint density at radius 2 is 1.90 bits per heavy atom. The molecule has 0 spiro atoms. The lowest BCUT2D eigenvalue weighted by Gasteiger charge is -2.09. The molecule has 2 aromatic rings. The molecule has 0 aliphatic carbocycles. The molecule has 0 saturated heterocycles. The second-order valence-electron chi connectivity index (χ2n) is 4.09. The summed E-state index contributed by atoms with van der Waals surface area (Å²) in [6.45, 7) is 0.103. The van der Waals surface area contributed by atoms with Crippen molar-refractivity contribution in [2.24, 2.45) is 0 Å². The summed E-state index contributed by atoms with van der Waals surface area (Å²) in [5.74, 6) is -1.83. The molecule has 2 N–H and O–H groups in total. The quantitative estimate of drug-likeness (QED) is 0.880. The maximum atomic E-state index is 13.3. The van der Waals surface area contributed by atoms with Crippen molar-refractivity contribution in [2.45, 2.75) is 6.54 Å². The maximum absolute atomic E-state index is 13.3. The Bertz CT molecular complexity index is 570. The van der Waals surface area contributed by atoms with Crippen LogP contribution in [0.1, 0.15) is 5.56 Å². The van der Waals surface area contributed by atoms with Crippen LogP contribution in [-0.4, -0.2) is 17.4 Å². The number of benzene rings is 1. The van der Waals surface area contributed by atoms with Crippen LogP contribution in [0.15, 0.2) is 42.7 Å². The van der Waals surface area contributed by atoms with Crippen LogP contribution < -0.4 is 10.6 Å². The molecule has 1 aromatic heterocycles. The summed E-state index contributed by atoms with van der Waals surface area (Å²) in [7, 11) is 0. The fraction of sp³-hybridized carbons (Fsp3) is 0.143. The van der Waals surface area contributed by atoms with Crippen molar-refractivity contribution in [1.29, 1.82) is 0 Å². The van der Waals surface area contributed by atoms with Gasteiger partial charge in [0.2, 0.25) is 5.91 Å². The van der Waals surface area contributed by atoms with Crippen molar-refractivity contribution in [2.75, 3.05) is 11.9 Å². The molecule has 4 nitrogen and oxygen atoms in total. The molecule has 104 valence electrons. The zero-order valence-electron chi connectivity index (χ0n) is 10.6. The molecule has 20 heavy (non-hydrogen) atoms. The van der Waals surface area contributed by atoms with E-state index in [1.807, 2.05) is 6.07 Å². The minimum absolute atomic E-state index is 0.210. The fourth-order valence-corrected chi connectivity index (χ4v) is 1.60. The van der Waals surface area contributed by atoms with E-state index < -0.39 is 11.6 Å². The predicted molar refractivity (Wildman–Crippen MR) is 70.9 cm³/mol. The van der Waals surface area contributed by atoms with E-state index in [0.29, 0.717) is 6.54 Å². The van der Waals surface area contributed by atoms with Crippen molar-refractivity contribution < 1.29 is 13.6 Å². The average Bonchev–Trinajstić information content (AvgIpc) is 2.46. The summed E-state index contributed by atoms with van der Waals surface area (Å²) in [5.41, 5.74) is 0.543. The molecule has 1 heterocycles. The first-order valence-corrected chi connectivity index (χ1v) is 6.00. The summed E-state index contributed by atoms with van der Waals surface area (Å²) >= 11 is 0. The third-order valence-electron chi connectivity index (χ3n) is 2.60. The minimum Gasteiger partial charge on any atom is -0.371 e. The van der Waals surface area contributed by atoms with E-state index in [0.717, 1.165) is 17.7 Å². The maximum Gasteiger partial charge on any atom is 0.239 e. The third kappa shape index (κ3) is 3.74. The Labute approximate surface area is 114 Å². The van der Waals surface area contributed by atoms with Gasteiger partial charge in [-0.1, -0.05) is 12.1 Å². The molecular weight excluding hydrogens is 264 g/mol. The predicted octanol–water partition coefficient (Wildman–Crippen LogP) is 2.09. The first-order chi connectivity index (χ1) is 9.66. The lowest BCUT2D eigenvalue weighted by atomic mass is 10.3. The normalized spacial score (nSPS) is 10.1. The molecule has 0 atom stereocenters. The molecule has 0 bridgehead atoms. The Kier molecular flexibility index (Phi) is 4.60. The molecule has 0 unspecified atom stereocenters. The van der Waals surface area contributed by atoms with Gasteiger partial charge in [0.25, 0.3) is 0 Å². The third-order valence-corrected chi connectivity index (χ3v) is 2.60. The SMILES string of the molecule is O=C(CNc1c(F)cccc1F)NCc1cccnc1. The van der Waals surface area contributed by atoms with Crippen LogP contribution in [0.4, 0.5) is 14.5 Å². The van der Waals surface area contributed by atoms with Gasteiger partial charge in [0.05, 0.1) is 6.54 Å². The zero-order chi connectivity index (χ0) is 14.4. The second-order valence-corrected chi connectivity index (χ2v) is 4.09. The van der Waals surface area contributed by atoms with Gasteiger partial charge in [0.1, 0.15) is 17.3 Å². The summed E-state index contributed by atoms with van der Waals surface area (Å²) in [5, 5.41) is 5.06. The van der Waals surface area contributed by atoms with E-state index in [9.17, 15) is 13.6 Å². The first-order valence-electron chi connectivity index (χ1n) is 6.00. The Morgan fingerprint density at radius 1 is 1.15 bits per heavy atom. The van der Waals surface area contributed by atoms with E-state index >= 15 is 0 Å². The number of aromatic nitrogens is 1. The number of hydrogen-bond donors (Lipinski definition) is 2. The van der Waals surface area contributed by atoms with Gasteiger partial charge in [-0.3, -0.25) is 9.78 Å². The van der Waals surface area contributed by atoms with Crippen molar-refractivity contribution in [1.82, 2.24) is 10.3 Å². The second kappa shape index (κ2) is 6.60. The number of pyridine rings is 1. The van der Waals surface area contributed by atoms with E-state index in [1.54, 1.807) is 18.5 Å². The monoisotopic (exact) mass is 277 g/mol. The summed E-state index contributed by atoms with van der Waals surface area (Å²) in [6, 6.07) is 7.09. The van der Waals surface area contributed by atoms with Gasteiger partial charge in [-0.25, -0.2) is 8.78 Å². The van der Waals surface area contributed by atoms with E-state index in [1.165, 1.54) is 6.07 Å². The smallest absolute Gasteiger partial charge is 0.239 e. The number of halogens is 2. The molecule has 1 aromatic carbocycles. The van der Waals surface area contributed by atoms with Gasteiger partial charge in [-0.15, -0.1) is 0 Å². The highest BCUT2D eigenvalue weighted by Crippen LogP contribution is 2.17. The van der Waals surface area contributed by atoms with Crippen LogP contribution in [0.3, 0.4) is 0 Å². The van der Waals surface area contributed by atoms with Crippen LogP contribution in [0.2, 0.25) is 0 Å². The topological polar surface area (TPSA) is 54.0 Å². The highest BCUT2D eigenvalue weighted by Gasteiger charge is 2.09. The molecule has 2 rings (SSSR count). The molecule has 0 radical (unpaired) electrons. The summed E-state index contributed by atoms with van der Waals surface area (Å²) in [4.78, 5) is 15.5. The zero-order valence-corrected chi connectivity index (χ0v) is 10.6. The van der Waals surface area contributed by atoms with Gasteiger partial charge in [0.15, 0.2) is 0 Å². The van der Waals surface area contributed by atoms with Crippen LogP contribution in [-0.2, 0) is 11.3 Å². The van der Waals surface area contributed by atoms with Gasteiger partial charge in [-0.2, -0.15) is 0 Å². The number of nitrogens with one attached hydrogen (secondary N) is 2. The van der Waals surface area contributed by atoms with Gasteiger partial charge in [-0.05, 0) is 23.8 Å². The average molecular weight is 277 g/mol. The Hall–Kier alpha value is -2.50. The van der Waals surface area contributed by atoms with Crippen LogP contribution >= 0.6 is 0 Å². The lowest BCUT2D eigenvalue weighted by Crippen LogP contribution is -2.29. The fourth-order valence-electron chi connectivity index (χ4n) is 1.60. The summed E-state index contributed by atoms with van der Waals surface area (Å²) < 4.78 is 26.6.